The second-order valence-electron chi connectivity index (χ2n) is 4.86. The molecular weight excluding hydrogens is 366 g/mol. The van der Waals surface area contributed by atoms with Gasteiger partial charge in [0, 0.05) is 11.1 Å². The smallest absolute Gasteiger partial charge is 0.310 e. The molecular formula is C16H14ClN3O6. The molecule has 0 fully saturated rings. The fourth-order valence-corrected chi connectivity index (χ4v) is 2.13. The van der Waals surface area contributed by atoms with E-state index >= 15 is 0 Å². The van der Waals surface area contributed by atoms with Crippen LogP contribution >= 0.6 is 11.6 Å². The number of nitrogens with one attached hydrogen (secondary N) is 2. The lowest BCUT2D eigenvalue weighted by molar-refractivity contribution is -0.385. The topological polar surface area (TPSA) is 120 Å². The highest BCUT2D eigenvalue weighted by atomic mass is 35.5. The molecule has 2 amide bonds. The van der Waals surface area contributed by atoms with Crippen LogP contribution in [0.2, 0.25) is 5.02 Å². The molecule has 0 radical (unpaired) electrons. The van der Waals surface area contributed by atoms with Crippen LogP contribution in [0.3, 0.4) is 0 Å². The Morgan fingerprint density at radius 1 is 1.15 bits per heavy atom. The Bertz CT molecular complexity index is 842. The largest absolute Gasteiger partial charge is 0.496 e. The molecule has 2 N–H and O–H groups in total. The summed E-state index contributed by atoms with van der Waals surface area (Å²) >= 11 is 5.84. The maximum atomic E-state index is 12.1. The molecule has 0 atom stereocenters. The molecule has 0 aliphatic rings. The standard InChI is InChI=1S/C16H14ClN3O6/c1-25-13-7-6-10(17)8-11(13)16(22)19-18-15(21)9-26-14-5-3-2-4-12(14)20(23)24/h2-8H,9H2,1H3,(H,18,21)(H,19,22). The van der Waals surface area contributed by atoms with Gasteiger partial charge in [-0.1, -0.05) is 23.7 Å². The summed E-state index contributed by atoms with van der Waals surface area (Å²) in [6, 6.07) is 10.1. The zero-order valence-electron chi connectivity index (χ0n) is 13.5. The summed E-state index contributed by atoms with van der Waals surface area (Å²) in [5.41, 5.74) is 4.18. The van der Waals surface area contributed by atoms with E-state index in [-0.39, 0.29) is 22.7 Å². The number of hydrogen-bond donors (Lipinski definition) is 2. The number of ether oxygens (including phenoxy) is 2. The van der Waals surface area contributed by atoms with Crippen molar-refractivity contribution in [1.29, 1.82) is 0 Å². The number of nitro benzene ring substituents is 1. The molecule has 0 spiro atoms. The van der Waals surface area contributed by atoms with E-state index in [4.69, 9.17) is 21.1 Å². The summed E-state index contributed by atoms with van der Waals surface area (Å²) in [6.07, 6.45) is 0. The van der Waals surface area contributed by atoms with Crippen molar-refractivity contribution in [2.24, 2.45) is 0 Å². The second kappa shape index (κ2) is 8.67. The van der Waals surface area contributed by atoms with E-state index < -0.39 is 23.3 Å². The number of carbonyl (C=O) groups is 2. The van der Waals surface area contributed by atoms with E-state index in [2.05, 4.69) is 10.9 Å². The summed E-state index contributed by atoms with van der Waals surface area (Å²) in [7, 11) is 1.39. The van der Waals surface area contributed by atoms with Gasteiger partial charge >= 0.3 is 5.69 Å². The number of amides is 2. The number of carbonyl (C=O) groups excluding carboxylic acids is 2. The minimum Gasteiger partial charge on any atom is -0.496 e. The van der Waals surface area contributed by atoms with Crippen LogP contribution in [0.4, 0.5) is 5.69 Å². The highest BCUT2D eigenvalue weighted by molar-refractivity contribution is 6.31. The number of rotatable bonds is 6. The molecule has 2 aromatic carbocycles. The molecule has 0 aliphatic carbocycles. The van der Waals surface area contributed by atoms with Gasteiger partial charge in [0.05, 0.1) is 17.6 Å². The number of nitrogens with zero attached hydrogens (tertiary/aromatic N) is 1. The highest BCUT2D eigenvalue weighted by Crippen LogP contribution is 2.25. The first kappa shape index (κ1) is 19.0. The predicted molar refractivity (Wildman–Crippen MR) is 92.2 cm³/mol. The lowest BCUT2D eigenvalue weighted by Crippen LogP contribution is -2.43. The van der Waals surface area contributed by atoms with Crippen LogP contribution in [0.1, 0.15) is 10.4 Å². The highest BCUT2D eigenvalue weighted by Gasteiger charge is 2.16. The lowest BCUT2D eigenvalue weighted by atomic mass is 10.2. The van der Waals surface area contributed by atoms with Gasteiger partial charge in [0.2, 0.25) is 0 Å². The van der Waals surface area contributed by atoms with Crippen LogP contribution in [-0.4, -0.2) is 30.5 Å². The average molecular weight is 380 g/mol. The number of nitro groups is 1. The minimum absolute atomic E-state index is 0.0597. The summed E-state index contributed by atoms with van der Waals surface area (Å²) in [5, 5.41) is 11.2. The molecule has 136 valence electrons. The Balaban J connectivity index is 1.92. The van der Waals surface area contributed by atoms with Gasteiger partial charge in [0.15, 0.2) is 12.4 Å². The third-order valence-electron chi connectivity index (χ3n) is 3.14. The summed E-state index contributed by atoms with van der Waals surface area (Å²) < 4.78 is 10.2. The fraction of sp³-hybridized carbons (Fsp3) is 0.125. The number of hydrogen-bond acceptors (Lipinski definition) is 6. The molecule has 0 unspecified atom stereocenters. The van der Waals surface area contributed by atoms with Gasteiger partial charge in [-0.2, -0.15) is 0 Å². The van der Waals surface area contributed by atoms with Crippen LogP contribution in [0.15, 0.2) is 42.5 Å². The number of benzene rings is 2. The van der Waals surface area contributed by atoms with E-state index in [9.17, 15) is 19.7 Å². The van der Waals surface area contributed by atoms with Crippen LogP contribution in [0.25, 0.3) is 0 Å². The van der Waals surface area contributed by atoms with Crippen LogP contribution < -0.4 is 20.3 Å². The lowest BCUT2D eigenvalue weighted by Gasteiger charge is -2.11. The normalized spacial score (nSPS) is 9.92. The molecule has 0 aromatic heterocycles. The van der Waals surface area contributed by atoms with Crippen molar-refractivity contribution in [3.8, 4) is 11.5 Å². The third-order valence-corrected chi connectivity index (χ3v) is 3.38. The quantitative estimate of drug-likeness (QED) is 0.585. The number of methoxy groups -OCH3 is 1. The molecule has 26 heavy (non-hydrogen) atoms. The third kappa shape index (κ3) is 4.84. The van der Waals surface area contributed by atoms with E-state index in [1.165, 1.54) is 43.5 Å². The SMILES string of the molecule is COc1ccc(Cl)cc1C(=O)NNC(=O)COc1ccccc1[N+](=O)[O-]. The van der Waals surface area contributed by atoms with Crippen LogP contribution in [-0.2, 0) is 4.79 Å². The number of para-hydroxylation sites is 2. The van der Waals surface area contributed by atoms with Gasteiger partial charge in [-0.3, -0.25) is 30.6 Å². The second-order valence-corrected chi connectivity index (χ2v) is 5.30. The first-order chi connectivity index (χ1) is 12.4. The van der Waals surface area contributed by atoms with Crippen molar-refractivity contribution in [3.05, 3.63) is 63.2 Å². The van der Waals surface area contributed by atoms with Crippen molar-refractivity contribution in [3.63, 3.8) is 0 Å². The van der Waals surface area contributed by atoms with E-state index in [0.717, 1.165) is 0 Å². The first-order valence-corrected chi connectivity index (χ1v) is 7.59. The maximum Gasteiger partial charge on any atom is 0.310 e. The molecule has 0 aliphatic heterocycles. The van der Waals surface area contributed by atoms with Gasteiger partial charge in [-0.25, -0.2) is 0 Å². The molecule has 2 aromatic rings. The van der Waals surface area contributed by atoms with Gasteiger partial charge in [0.25, 0.3) is 11.8 Å². The molecule has 0 saturated heterocycles. The fourth-order valence-electron chi connectivity index (χ4n) is 1.96. The zero-order chi connectivity index (χ0) is 19.1. The van der Waals surface area contributed by atoms with Crippen LogP contribution in [0.5, 0.6) is 11.5 Å². The maximum absolute atomic E-state index is 12.1. The molecule has 9 nitrogen and oxygen atoms in total. The molecule has 10 heteroatoms. The van der Waals surface area contributed by atoms with Gasteiger partial charge in [-0.15, -0.1) is 0 Å². The average Bonchev–Trinajstić information content (AvgIpc) is 2.64. The molecule has 0 bridgehead atoms. The Labute approximate surface area is 153 Å². The molecule has 0 saturated carbocycles. The Morgan fingerprint density at radius 3 is 2.58 bits per heavy atom. The Hall–Kier alpha value is -3.33. The monoisotopic (exact) mass is 379 g/mol. The van der Waals surface area contributed by atoms with Crippen molar-refractivity contribution in [2.45, 2.75) is 0 Å². The number of halogens is 1. The van der Waals surface area contributed by atoms with Crippen LogP contribution in [0, 0.1) is 10.1 Å². The van der Waals surface area contributed by atoms with E-state index in [1.807, 2.05) is 0 Å². The van der Waals surface area contributed by atoms with Crippen molar-refractivity contribution >= 4 is 29.1 Å². The van der Waals surface area contributed by atoms with Crippen molar-refractivity contribution in [1.82, 2.24) is 10.9 Å². The summed E-state index contributed by atoms with van der Waals surface area (Å²) in [5.74, 6) is -1.14. The van der Waals surface area contributed by atoms with Gasteiger partial charge in [0.1, 0.15) is 5.75 Å². The Morgan fingerprint density at radius 2 is 1.88 bits per heavy atom. The van der Waals surface area contributed by atoms with Gasteiger partial charge in [-0.05, 0) is 24.3 Å². The summed E-state index contributed by atoms with van der Waals surface area (Å²) in [4.78, 5) is 34.1. The van der Waals surface area contributed by atoms with Gasteiger partial charge < -0.3 is 9.47 Å². The van der Waals surface area contributed by atoms with E-state index in [1.54, 1.807) is 6.07 Å². The summed E-state index contributed by atoms with van der Waals surface area (Å²) in [6.45, 7) is -0.530. The van der Waals surface area contributed by atoms with Crippen molar-refractivity contribution in [2.75, 3.05) is 13.7 Å². The van der Waals surface area contributed by atoms with E-state index in [0.29, 0.717) is 5.02 Å². The van der Waals surface area contributed by atoms with Crippen molar-refractivity contribution < 1.29 is 24.0 Å². The Kier molecular flexibility index (Phi) is 6.34. The molecule has 2 rings (SSSR count). The zero-order valence-corrected chi connectivity index (χ0v) is 14.3. The number of hydrazine groups is 1. The predicted octanol–water partition coefficient (Wildman–Crippen LogP) is 2.10. The minimum atomic E-state index is -0.711. The molecule has 0 heterocycles. The first-order valence-electron chi connectivity index (χ1n) is 7.21.